The van der Waals surface area contributed by atoms with Gasteiger partial charge in [-0.2, -0.15) is 0 Å². The number of fused-ring (bicyclic) bond motifs is 1. The molecule has 0 atom stereocenters. The standard InChI is InChI=1S/C19H28N4O2/c1-23(12-17(24)20-14-6-7-14)19-15-8-10-25-11-9-16(15)21-18(22-19)13-4-2-3-5-13/h13-14H,2-12H2,1H3,(H,20,24). The third-order valence-electron chi connectivity index (χ3n) is 5.47. The van der Waals surface area contributed by atoms with E-state index in [0.717, 1.165) is 49.6 Å². The van der Waals surface area contributed by atoms with Gasteiger partial charge >= 0.3 is 0 Å². The first-order valence-electron chi connectivity index (χ1n) is 9.68. The number of rotatable bonds is 5. The molecule has 6 nitrogen and oxygen atoms in total. The van der Waals surface area contributed by atoms with Gasteiger partial charge in [0.1, 0.15) is 11.6 Å². The smallest absolute Gasteiger partial charge is 0.239 e. The summed E-state index contributed by atoms with van der Waals surface area (Å²) in [5.41, 5.74) is 2.29. The average Bonchev–Trinajstić information content (AvgIpc) is 3.29. The molecule has 2 heterocycles. The Morgan fingerprint density at radius 1 is 1.16 bits per heavy atom. The summed E-state index contributed by atoms with van der Waals surface area (Å²) in [5.74, 6) is 2.47. The Bertz CT molecular complexity index is 639. The molecule has 1 aliphatic heterocycles. The van der Waals surface area contributed by atoms with Crippen molar-refractivity contribution in [2.45, 2.75) is 63.3 Å². The number of carbonyl (C=O) groups excluding carboxylic acids is 1. The molecule has 0 bridgehead atoms. The predicted molar refractivity (Wildman–Crippen MR) is 95.9 cm³/mol. The summed E-state index contributed by atoms with van der Waals surface area (Å²) in [7, 11) is 1.97. The van der Waals surface area contributed by atoms with Crippen LogP contribution in [0.15, 0.2) is 0 Å². The van der Waals surface area contributed by atoms with Gasteiger partial charge in [0.05, 0.1) is 25.5 Å². The van der Waals surface area contributed by atoms with E-state index < -0.39 is 0 Å². The summed E-state index contributed by atoms with van der Waals surface area (Å²) in [4.78, 5) is 24.1. The molecule has 0 spiro atoms. The van der Waals surface area contributed by atoms with Gasteiger partial charge in [-0.3, -0.25) is 4.79 Å². The topological polar surface area (TPSA) is 67.4 Å². The van der Waals surface area contributed by atoms with E-state index in [9.17, 15) is 4.79 Å². The predicted octanol–water partition coefficient (Wildman–Crippen LogP) is 1.96. The van der Waals surface area contributed by atoms with E-state index in [1.807, 2.05) is 11.9 Å². The summed E-state index contributed by atoms with van der Waals surface area (Å²) in [6.07, 6.45) is 8.79. The molecule has 1 aromatic heterocycles. The Kier molecular flexibility index (Phi) is 4.88. The third-order valence-corrected chi connectivity index (χ3v) is 5.47. The second kappa shape index (κ2) is 7.28. The van der Waals surface area contributed by atoms with Gasteiger partial charge in [-0.15, -0.1) is 0 Å². The number of anilines is 1. The number of carbonyl (C=O) groups is 1. The van der Waals surface area contributed by atoms with Crippen LogP contribution in [0.5, 0.6) is 0 Å². The van der Waals surface area contributed by atoms with Crippen LogP contribution in [-0.2, 0) is 22.4 Å². The summed E-state index contributed by atoms with van der Waals surface area (Å²) in [6.45, 7) is 1.78. The molecule has 2 fully saturated rings. The molecule has 136 valence electrons. The van der Waals surface area contributed by atoms with Crippen LogP contribution >= 0.6 is 0 Å². The van der Waals surface area contributed by atoms with Gasteiger partial charge in [0, 0.05) is 37.4 Å². The number of hydrogen-bond donors (Lipinski definition) is 1. The largest absolute Gasteiger partial charge is 0.381 e. The zero-order valence-corrected chi connectivity index (χ0v) is 15.1. The minimum atomic E-state index is 0.0876. The van der Waals surface area contributed by atoms with Crippen molar-refractivity contribution in [1.29, 1.82) is 0 Å². The molecule has 4 rings (SSSR count). The van der Waals surface area contributed by atoms with Crippen LogP contribution in [0.3, 0.4) is 0 Å². The number of hydrogen-bond acceptors (Lipinski definition) is 5. The van der Waals surface area contributed by atoms with Gasteiger partial charge < -0.3 is 15.0 Å². The zero-order valence-electron chi connectivity index (χ0n) is 15.1. The monoisotopic (exact) mass is 344 g/mol. The Balaban J connectivity index is 1.60. The Morgan fingerprint density at radius 3 is 2.68 bits per heavy atom. The molecule has 0 radical (unpaired) electrons. The molecular formula is C19H28N4O2. The van der Waals surface area contributed by atoms with E-state index >= 15 is 0 Å². The number of amides is 1. The lowest BCUT2D eigenvalue weighted by Crippen LogP contribution is -2.37. The Labute approximate surface area is 149 Å². The fraction of sp³-hybridized carbons (Fsp3) is 0.737. The molecular weight excluding hydrogens is 316 g/mol. The fourth-order valence-corrected chi connectivity index (χ4v) is 3.92. The van der Waals surface area contributed by atoms with Crippen LogP contribution in [0.25, 0.3) is 0 Å². The molecule has 2 saturated carbocycles. The van der Waals surface area contributed by atoms with Crippen molar-refractivity contribution < 1.29 is 9.53 Å². The van der Waals surface area contributed by atoms with Crippen molar-refractivity contribution in [2.24, 2.45) is 0 Å². The van der Waals surface area contributed by atoms with E-state index in [-0.39, 0.29) is 5.91 Å². The van der Waals surface area contributed by atoms with E-state index in [0.29, 0.717) is 25.1 Å². The minimum Gasteiger partial charge on any atom is -0.381 e. The Hall–Kier alpha value is -1.69. The molecule has 2 aliphatic carbocycles. The molecule has 0 unspecified atom stereocenters. The van der Waals surface area contributed by atoms with Crippen molar-refractivity contribution in [3.05, 3.63) is 17.1 Å². The molecule has 3 aliphatic rings. The molecule has 0 aromatic carbocycles. The maximum Gasteiger partial charge on any atom is 0.239 e. The third kappa shape index (κ3) is 3.94. The van der Waals surface area contributed by atoms with Gasteiger partial charge in [0.2, 0.25) is 5.91 Å². The number of aromatic nitrogens is 2. The van der Waals surface area contributed by atoms with Crippen LogP contribution < -0.4 is 10.2 Å². The lowest BCUT2D eigenvalue weighted by atomic mass is 10.0. The molecule has 6 heteroatoms. The van der Waals surface area contributed by atoms with Gasteiger partial charge in [0.25, 0.3) is 0 Å². The molecule has 1 N–H and O–H groups in total. The first kappa shape index (κ1) is 16.8. The first-order chi connectivity index (χ1) is 12.2. The van der Waals surface area contributed by atoms with Crippen molar-refractivity contribution in [3.63, 3.8) is 0 Å². The van der Waals surface area contributed by atoms with Crippen LogP contribution in [-0.4, -0.2) is 48.7 Å². The zero-order chi connectivity index (χ0) is 17.2. The summed E-state index contributed by atoms with van der Waals surface area (Å²) in [5, 5.41) is 3.07. The summed E-state index contributed by atoms with van der Waals surface area (Å²) in [6, 6.07) is 0.394. The fourth-order valence-electron chi connectivity index (χ4n) is 3.92. The highest BCUT2D eigenvalue weighted by atomic mass is 16.5. The van der Waals surface area contributed by atoms with Gasteiger partial charge in [-0.25, -0.2) is 9.97 Å². The van der Waals surface area contributed by atoms with E-state index in [2.05, 4.69) is 5.32 Å². The molecule has 1 amide bonds. The van der Waals surface area contributed by atoms with Crippen LogP contribution in [0.2, 0.25) is 0 Å². The van der Waals surface area contributed by atoms with E-state index in [1.54, 1.807) is 0 Å². The minimum absolute atomic E-state index is 0.0876. The number of nitrogens with zero attached hydrogens (tertiary/aromatic N) is 3. The maximum absolute atomic E-state index is 12.2. The number of ether oxygens (including phenoxy) is 1. The Morgan fingerprint density at radius 2 is 1.92 bits per heavy atom. The van der Waals surface area contributed by atoms with Crippen molar-refractivity contribution in [2.75, 3.05) is 31.7 Å². The van der Waals surface area contributed by atoms with Gasteiger partial charge in [0.15, 0.2) is 0 Å². The van der Waals surface area contributed by atoms with Crippen LogP contribution in [0.4, 0.5) is 5.82 Å². The van der Waals surface area contributed by atoms with Crippen molar-refractivity contribution in [1.82, 2.24) is 15.3 Å². The van der Waals surface area contributed by atoms with Gasteiger partial charge in [-0.05, 0) is 25.7 Å². The lowest BCUT2D eigenvalue weighted by molar-refractivity contribution is -0.119. The quantitative estimate of drug-likeness (QED) is 0.884. The second-order valence-electron chi connectivity index (χ2n) is 7.62. The number of likely N-dealkylation sites (N-methyl/N-ethyl adjacent to an activating group) is 1. The van der Waals surface area contributed by atoms with Crippen LogP contribution in [0.1, 0.15) is 61.5 Å². The highest BCUT2D eigenvalue weighted by Gasteiger charge is 2.27. The number of nitrogens with one attached hydrogen (secondary N) is 1. The van der Waals surface area contributed by atoms with E-state index in [1.165, 1.54) is 31.2 Å². The van der Waals surface area contributed by atoms with E-state index in [4.69, 9.17) is 14.7 Å². The second-order valence-corrected chi connectivity index (χ2v) is 7.62. The summed E-state index contributed by atoms with van der Waals surface area (Å²) >= 11 is 0. The SMILES string of the molecule is CN(CC(=O)NC1CC1)c1nc(C2CCCC2)nc2c1CCOCC2. The molecule has 1 aromatic rings. The van der Waals surface area contributed by atoms with Crippen molar-refractivity contribution in [3.8, 4) is 0 Å². The first-order valence-corrected chi connectivity index (χ1v) is 9.68. The normalized spacial score (nSPS) is 20.8. The molecule has 25 heavy (non-hydrogen) atoms. The lowest BCUT2D eigenvalue weighted by Gasteiger charge is -2.23. The van der Waals surface area contributed by atoms with Crippen LogP contribution in [0, 0.1) is 0 Å². The highest BCUT2D eigenvalue weighted by Crippen LogP contribution is 2.34. The van der Waals surface area contributed by atoms with Crippen molar-refractivity contribution >= 4 is 11.7 Å². The maximum atomic E-state index is 12.2. The summed E-state index contributed by atoms with van der Waals surface area (Å²) < 4.78 is 5.65. The molecule has 0 saturated heterocycles. The average molecular weight is 344 g/mol. The highest BCUT2D eigenvalue weighted by molar-refractivity contribution is 5.81. The van der Waals surface area contributed by atoms with Gasteiger partial charge in [-0.1, -0.05) is 12.8 Å².